The fourth-order valence-electron chi connectivity index (χ4n) is 1.34. The molecule has 1 N–H and O–H groups in total. The normalized spacial score (nSPS) is 12.5. The summed E-state index contributed by atoms with van der Waals surface area (Å²) in [6.45, 7) is 4.10. The molecule has 0 aromatic heterocycles. The van der Waals surface area contributed by atoms with E-state index in [2.05, 4.69) is 6.92 Å². The first-order chi connectivity index (χ1) is 6.16. The van der Waals surface area contributed by atoms with Gasteiger partial charge in [0, 0.05) is 0 Å². The van der Waals surface area contributed by atoms with Crippen LogP contribution in [0.1, 0.15) is 42.1 Å². The number of aromatic carboxylic acids is 1. The molecule has 70 valence electrons. The van der Waals surface area contributed by atoms with Crippen LogP contribution in [0.4, 0.5) is 0 Å². The molecule has 0 saturated heterocycles. The first kappa shape index (κ1) is 9.78. The van der Waals surface area contributed by atoms with Crippen molar-refractivity contribution in [3.8, 4) is 0 Å². The summed E-state index contributed by atoms with van der Waals surface area (Å²) in [6, 6.07) is 7.19. The van der Waals surface area contributed by atoms with Gasteiger partial charge in [-0.1, -0.05) is 32.0 Å². The molecular formula is C11H14O2. The molecule has 0 fully saturated rings. The number of hydrogen-bond acceptors (Lipinski definition) is 1. The van der Waals surface area contributed by atoms with Crippen molar-refractivity contribution in [2.45, 2.75) is 26.2 Å². The van der Waals surface area contributed by atoms with Gasteiger partial charge in [-0.3, -0.25) is 0 Å². The van der Waals surface area contributed by atoms with E-state index in [0.717, 1.165) is 12.0 Å². The van der Waals surface area contributed by atoms with Crippen LogP contribution < -0.4 is 0 Å². The van der Waals surface area contributed by atoms with Crippen LogP contribution in [-0.2, 0) is 0 Å². The van der Waals surface area contributed by atoms with Crippen LogP contribution in [0.2, 0.25) is 0 Å². The van der Waals surface area contributed by atoms with E-state index >= 15 is 0 Å². The van der Waals surface area contributed by atoms with Crippen molar-refractivity contribution >= 4 is 5.97 Å². The van der Waals surface area contributed by atoms with Crippen LogP contribution in [-0.4, -0.2) is 11.1 Å². The third-order valence-electron chi connectivity index (χ3n) is 2.33. The number of benzene rings is 1. The standard InChI is InChI=1S/C11H14O2/c1-3-8(2)9-6-4-5-7-10(9)11(12)13/h4-8H,3H2,1-2H3,(H,12,13)/t8-/m1/s1. The van der Waals surface area contributed by atoms with E-state index in [-0.39, 0.29) is 0 Å². The lowest BCUT2D eigenvalue weighted by molar-refractivity contribution is 0.0695. The van der Waals surface area contributed by atoms with Crippen molar-refractivity contribution in [2.24, 2.45) is 0 Å². The summed E-state index contributed by atoms with van der Waals surface area (Å²) < 4.78 is 0. The quantitative estimate of drug-likeness (QED) is 0.772. The number of carboxylic acids is 1. The predicted molar refractivity (Wildman–Crippen MR) is 52.1 cm³/mol. The second-order valence-electron chi connectivity index (χ2n) is 3.20. The third-order valence-corrected chi connectivity index (χ3v) is 2.33. The lowest BCUT2D eigenvalue weighted by atomic mass is 9.94. The largest absolute Gasteiger partial charge is 0.478 e. The molecule has 0 aliphatic heterocycles. The summed E-state index contributed by atoms with van der Waals surface area (Å²) in [4.78, 5) is 10.8. The SMILES string of the molecule is CC[C@@H](C)c1ccccc1C(=O)O. The predicted octanol–water partition coefficient (Wildman–Crippen LogP) is 2.90. The molecule has 0 saturated carbocycles. The van der Waals surface area contributed by atoms with E-state index in [0.29, 0.717) is 11.5 Å². The zero-order valence-electron chi connectivity index (χ0n) is 7.95. The van der Waals surface area contributed by atoms with Crippen LogP contribution in [0.3, 0.4) is 0 Å². The summed E-state index contributed by atoms with van der Waals surface area (Å²) in [7, 11) is 0. The van der Waals surface area contributed by atoms with E-state index in [4.69, 9.17) is 5.11 Å². The highest BCUT2D eigenvalue weighted by molar-refractivity contribution is 5.89. The summed E-state index contributed by atoms with van der Waals surface area (Å²) in [5.41, 5.74) is 1.36. The maximum atomic E-state index is 10.8. The monoisotopic (exact) mass is 178 g/mol. The highest BCUT2D eigenvalue weighted by atomic mass is 16.4. The zero-order chi connectivity index (χ0) is 9.84. The molecule has 1 aromatic carbocycles. The van der Waals surface area contributed by atoms with Gasteiger partial charge in [0.2, 0.25) is 0 Å². The van der Waals surface area contributed by atoms with Gasteiger partial charge in [-0.05, 0) is 24.0 Å². The second kappa shape index (κ2) is 4.08. The molecule has 1 atom stereocenters. The van der Waals surface area contributed by atoms with E-state index in [9.17, 15) is 4.79 Å². The van der Waals surface area contributed by atoms with Gasteiger partial charge in [-0.25, -0.2) is 4.79 Å². The Labute approximate surface area is 78.2 Å². The lowest BCUT2D eigenvalue weighted by Crippen LogP contribution is -2.04. The Morgan fingerprint density at radius 3 is 2.62 bits per heavy atom. The van der Waals surface area contributed by atoms with Crippen LogP contribution in [0.5, 0.6) is 0 Å². The van der Waals surface area contributed by atoms with E-state index in [1.165, 1.54) is 0 Å². The van der Waals surface area contributed by atoms with Crippen molar-refractivity contribution < 1.29 is 9.90 Å². The molecule has 2 heteroatoms. The third kappa shape index (κ3) is 2.08. The number of rotatable bonds is 3. The molecule has 0 aliphatic carbocycles. The number of carboxylic acid groups (broad SMARTS) is 1. The molecule has 0 amide bonds. The Kier molecular flexibility index (Phi) is 3.07. The Morgan fingerprint density at radius 2 is 2.08 bits per heavy atom. The summed E-state index contributed by atoms with van der Waals surface area (Å²) in [6.07, 6.45) is 0.963. The van der Waals surface area contributed by atoms with Gasteiger partial charge in [0.25, 0.3) is 0 Å². The number of carbonyl (C=O) groups is 1. The first-order valence-corrected chi connectivity index (χ1v) is 4.49. The fraction of sp³-hybridized carbons (Fsp3) is 0.364. The molecule has 2 nitrogen and oxygen atoms in total. The lowest BCUT2D eigenvalue weighted by Gasteiger charge is -2.11. The van der Waals surface area contributed by atoms with Crippen LogP contribution >= 0.6 is 0 Å². The molecule has 0 unspecified atom stereocenters. The molecule has 13 heavy (non-hydrogen) atoms. The van der Waals surface area contributed by atoms with E-state index in [1.807, 2.05) is 19.1 Å². The van der Waals surface area contributed by atoms with Crippen molar-refractivity contribution in [3.05, 3.63) is 35.4 Å². The van der Waals surface area contributed by atoms with Gasteiger partial charge >= 0.3 is 5.97 Å². The molecule has 1 aromatic rings. The second-order valence-corrected chi connectivity index (χ2v) is 3.20. The molecule has 0 heterocycles. The van der Waals surface area contributed by atoms with Crippen molar-refractivity contribution in [3.63, 3.8) is 0 Å². The molecule has 0 bridgehead atoms. The van der Waals surface area contributed by atoms with E-state index < -0.39 is 5.97 Å². The Hall–Kier alpha value is -1.31. The van der Waals surface area contributed by atoms with Gasteiger partial charge in [0.05, 0.1) is 5.56 Å². The van der Waals surface area contributed by atoms with Crippen molar-refractivity contribution in [1.82, 2.24) is 0 Å². The maximum Gasteiger partial charge on any atom is 0.335 e. The van der Waals surface area contributed by atoms with E-state index in [1.54, 1.807) is 12.1 Å². The van der Waals surface area contributed by atoms with Crippen LogP contribution in [0.25, 0.3) is 0 Å². The average molecular weight is 178 g/mol. The Bertz CT molecular complexity index is 305. The highest BCUT2D eigenvalue weighted by Crippen LogP contribution is 2.22. The number of hydrogen-bond donors (Lipinski definition) is 1. The minimum atomic E-state index is -0.837. The summed E-state index contributed by atoms with van der Waals surface area (Å²) >= 11 is 0. The Balaban J connectivity index is 3.11. The van der Waals surface area contributed by atoms with Gasteiger partial charge in [0.15, 0.2) is 0 Å². The van der Waals surface area contributed by atoms with Crippen molar-refractivity contribution in [2.75, 3.05) is 0 Å². The van der Waals surface area contributed by atoms with Crippen molar-refractivity contribution in [1.29, 1.82) is 0 Å². The van der Waals surface area contributed by atoms with Crippen LogP contribution in [0.15, 0.2) is 24.3 Å². The fourth-order valence-corrected chi connectivity index (χ4v) is 1.34. The van der Waals surface area contributed by atoms with Gasteiger partial charge in [-0.2, -0.15) is 0 Å². The van der Waals surface area contributed by atoms with Gasteiger partial charge < -0.3 is 5.11 Å². The highest BCUT2D eigenvalue weighted by Gasteiger charge is 2.12. The average Bonchev–Trinajstić information content (AvgIpc) is 2.16. The molecule has 0 aliphatic rings. The molecule has 0 radical (unpaired) electrons. The molecular weight excluding hydrogens is 164 g/mol. The van der Waals surface area contributed by atoms with Gasteiger partial charge in [-0.15, -0.1) is 0 Å². The zero-order valence-corrected chi connectivity index (χ0v) is 7.95. The summed E-state index contributed by atoms with van der Waals surface area (Å²) in [5, 5.41) is 8.91. The Morgan fingerprint density at radius 1 is 1.46 bits per heavy atom. The summed E-state index contributed by atoms with van der Waals surface area (Å²) in [5.74, 6) is -0.525. The van der Waals surface area contributed by atoms with Crippen LogP contribution in [0, 0.1) is 0 Å². The minimum absolute atomic E-state index is 0.312. The molecule has 1 rings (SSSR count). The topological polar surface area (TPSA) is 37.3 Å². The minimum Gasteiger partial charge on any atom is -0.478 e. The smallest absolute Gasteiger partial charge is 0.335 e. The maximum absolute atomic E-state index is 10.8. The molecule has 0 spiro atoms. The first-order valence-electron chi connectivity index (χ1n) is 4.49. The van der Waals surface area contributed by atoms with Gasteiger partial charge in [0.1, 0.15) is 0 Å².